The van der Waals surface area contributed by atoms with Crippen LogP contribution in [0.3, 0.4) is 0 Å². The predicted molar refractivity (Wildman–Crippen MR) is 153 cm³/mol. The lowest BCUT2D eigenvalue weighted by Crippen LogP contribution is -2.32. The van der Waals surface area contributed by atoms with Gasteiger partial charge in [-0.2, -0.15) is 5.10 Å². The molecule has 0 spiro atoms. The Labute approximate surface area is 227 Å². The molecule has 1 aromatic heterocycles. The van der Waals surface area contributed by atoms with Crippen LogP contribution in [0.15, 0.2) is 90.3 Å². The quantitative estimate of drug-likeness (QED) is 0.280. The van der Waals surface area contributed by atoms with Gasteiger partial charge in [0.05, 0.1) is 18.9 Å². The second-order valence-corrected chi connectivity index (χ2v) is 9.52. The van der Waals surface area contributed by atoms with Gasteiger partial charge in [0.25, 0.3) is 11.8 Å². The molecule has 3 aromatic carbocycles. The topological polar surface area (TPSA) is 97.3 Å². The Kier molecular flexibility index (Phi) is 7.19. The smallest absolute Gasteiger partial charge is 0.261 e. The normalized spacial score (nSPS) is 14.3. The molecule has 0 aliphatic carbocycles. The van der Waals surface area contributed by atoms with E-state index in [1.165, 1.54) is 5.56 Å². The molecule has 0 bridgehead atoms. The summed E-state index contributed by atoms with van der Waals surface area (Å²) in [4.78, 5) is 27.0. The number of aryl methyl sites for hydroxylation is 2. The van der Waals surface area contributed by atoms with E-state index in [9.17, 15) is 9.59 Å². The van der Waals surface area contributed by atoms with E-state index in [1.54, 1.807) is 42.3 Å². The Morgan fingerprint density at radius 3 is 2.33 bits per heavy atom. The Morgan fingerprint density at radius 1 is 0.949 bits per heavy atom. The number of rotatable bonds is 7. The molecule has 0 fully saturated rings. The van der Waals surface area contributed by atoms with Crippen LogP contribution in [0.25, 0.3) is 0 Å². The number of allylic oxidation sites excluding steroid dienone is 1. The number of aromatic nitrogens is 2. The molecule has 1 aliphatic heterocycles. The summed E-state index contributed by atoms with van der Waals surface area (Å²) in [7, 11) is 1.60. The van der Waals surface area contributed by atoms with Crippen LogP contribution in [0.4, 0.5) is 17.2 Å². The van der Waals surface area contributed by atoms with E-state index >= 15 is 0 Å². The van der Waals surface area contributed by atoms with Gasteiger partial charge in [0, 0.05) is 17.1 Å². The van der Waals surface area contributed by atoms with Crippen molar-refractivity contribution in [2.24, 2.45) is 0 Å². The van der Waals surface area contributed by atoms with Crippen LogP contribution in [0.1, 0.15) is 46.9 Å². The summed E-state index contributed by atoms with van der Waals surface area (Å²) in [5.74, 6) is 0.688. The molecule has 0 unspecified atom stereocenters. The first-order valence-corrected chi connectivity index (χ1v) is 12.9. The SMILES string of the molecule is CCc1ccc([C@H]2C(C(=O)Nc3ccc(OC)cc3)=C(C)Nc3c(C(=O)Nc4cccc(C)c4)cnn32)cc1. The van der Waals surface area contributed by atoms with Crippen molar-refractivity contribution < 1.29 is 14.3 Å². The number of amides is 2. The zero-order valence-electron chi connectivity index (χ0n) is 22.4. The molecule has 2 amide bonds. The molecule has 3 N–H and O–H groups in total. The van der Waals surface area contributed by atoms with Crippen LogP contribution in [-0.2, 0) is 11.2 Å². The molecule has 8 heteroatoms. The van der Waals surface area contributed by atoms with E-state index in [1.807, 2.05) is 50.2 Å². The Hall–Kier alpha value is -4.85. The fourth-order valence-electron chi connectivity index (χ4n) is 4.75. The van der Waals surface area contributed by atoms with Crippen molar-refractivity contribution in [1.29, 1.82) is 0 Å². The van der Waals surface area contributed by atoms with Crippen LogP contribution in [0.2, 0.25) is 0 Å². The summed E-state index contributed by atoms with van der Waals surface area (Å²) in [6, 6.07) is 22.4. The molecule has 1 aliphatic rings. The number of ether oxygens (including phenoxy) is 1. The number of anilines is 3. The third-order valence-corrected chi connectivity index (χ3v) is 6.84. The molecule has 198 valence electrons. The first-order valence-electron chi connectivity index (χ1n) is 12.9. The number of benzene rings is 3. The third-order valence-electron chi connectivity index (χ3n) is 6.84. The van der Waals surface area contributed by atoms with Gasteiger partial charge in [-0.05, 0) is 73.4 Å². The van der Waals surface area contributed by atoms with Gasteiger partial charge >= 0.3 is 0 Å². The fraction of sp³-hybridized carbons (Fsp3) is 0.194. The molecule has 2 heterocycles. The highest BCUT2D eigenvalue weighted by Crippen LogP contribution is 2.38. The minimum absolute atomic E-state index is 0.262. The molecule has 39 heavy (non-hydrogen) atoms. The lowest BCUT2D eigenvalue weighted by atomic mass is 9.93. The summed E-state index contributed by atoms with van der Waals surface area (Å²) >= 11 is 0. The van der Waals surface area contributed by atoms with Gasteiger partial charge in [0.15, 0.2) is 0 Å². The minimum Gasteiger partial charge on any atom is -0.497 e. The maximum atomic E-state index is 13.7. The second kappa shape index (κ2) is 10.9. The lowest BCUT2D eigenvalue weighted by molar-refractivity contribution is -0.113. The van der Waals surface area contributed by atoms with Crippen LogP contribution in [-0.4, -0.2) is 28.7 Å². The number of nitrogens with one attached hydrogen (secondary N) is 3. The van der Waals surface area contributed by atoms with Crippen LogP contribution >= 0.6 is 0 Å². The molecule has 1 atom stereocenters. The Bertz CT molecular complexity index is 1550. The number of carbonyl (C=O) groups is 2. The van der Waals surface area contributed by atoms with E-state index in [4.69, 9.17) is 4.74 Å². The summed E-state index contributed by atoms with van der Waals surface area (Å²) in [5, 5.41) is 13.8. The van der Waals surface area contributed by atoms with Gasteiger partial charge < -0.3 is 20.7 Å². The van der Waals surface area contributed by atoms with Crippen LogP contribution in [0.5, 0.6) is 5.75 Å². The fourth-order valence-corrected chi connectivity index (χ4v) is 4.75. The highest BCUT2D eigenvalue weighted by Gasteiger charge is 2.35. The molecular formula is C31H31N5O3. The average Bonchev–Trinajstić information content (AvgIpc) is 3.36. The van der Waals surface area contributed by atoms with Crippen molar-refractivity contribution in [1.82, 2.24) is 9.78 Å². The zero-order chi connectivity index (χ0) is 27.5. The van der Waals surface area contributed by atoms with E-state index in [-0.39, 0.29) is 11.8 Å². The van der Waals surface area contributed by atoms with Crippen molar-refractivity contribution in [3.05, 3.63) is 113 Å². The van der Waals surface area contributed by atoms with Crippen molar-refractivity contribution in [3.63, 3.8) is 0 Å². The van der Waals surface area contributed by atoms with Crippen molar-refractivity contribution in [2.45, 2.75) is 33.2 Å². The number of hydrogen-bond acceptors (Lipinski definition) is 5. The Balaban J connectivity index is 1.52. The van der Waals surface area contributed by atoms with E-state index in [0.29, 0.717) is 39.8 Å². The maximum Gasteiger partial charge on any atom is 0.261 e. The van der Waals surface area contributed by atoms with Crippen molar-refractivity contribution >= 4 is 29.0 Å². The van der Waals surface area contributed by atoms with Gasteiger partial charge in [-0.15, -0.1) is 0 Å². The summed E-state index contributed by atoms with van der Waals surface area (Å²) in [6.07, 6.45) is 2.45. The first kappa shape index (κ1) is 25.8. The van der Waals surface area contributed by atoms with Crippen LogP contribution < -0.4 is 20.7 Å². The second-order valence-electron chi connectivity index (χ2n) is 9.52. The van der Waals surface area contributed by atoms with E-state index in [2.05, 4.69) is 40.1 Å². The van der Waals surface area contributed by atoms with Crippen LogP contribution in [0, 0.1) is 6.92 Å². The number of carbonyl (C=O) groups excluding carboxylic acids is 2. The van der Waals surface area contributed by atoms with Gasteiger partial charge in [0.1, 0.15) is 23.2 Å². The molecular weight excluding hydrogens is 490 g/mol. The molecule has 8 nitrogen and oxygen atoms in total. The first-order chi connectivity index (χ1) is 18.9. The predicted octanol–water partition coefficient (Wildman–Crippen LogP) is 5.94. The van der Waals surface area contributed by atoms with Gasteiger partial charge in [-0.3, -0.25) is 9.59 Å². The highest BCUT2D eigenvalue weighted by atomic mass is 16.5. The lowest BCUT2D eigenvalue weighted by Gasteiger charge is -2.30. The monoisotopic (exact) mass is 521 g/mol. The summed E-state index contributed by atoms with van der Waals surface area (Å²) in [5.41, 5.74) is 6.02. The zero-order valence-corrected chi connectivity index (χ0v) is 22.4. The number of methoxy groups -OCH3 is 1. The summed E-state index contributed by atoms with van der Waals surface area (Å²) in [6.45, 7) is 5.91. The van der Waals surface area contributed by atoms with E-state index < -0.39 is 6.04 Å². The summed E-state index contributed by atoms with van der Waals surface area (Å²) < 4.78 is 6.94. The van der Waals surface area contributed by atoms with Gasteiger partial charge in [-0.25, -0.2) is 4.68 Å². The van der Waals surface area contributed by atoms with Gasteiger partial charge in [-0.1, -0.05) is 43.3 Å². The molecule has 0 radical (unpaired) electrons. The molecule has 0 saturated heterocycles. The Morgan fingerprint density at radius 2 is 1.67 bits per heavy atom. The average molecular weight is 522 g/mol. The van der Waals surface area contributed by atoms with Gasteiger partial charge in [0.2, 0.25) is 0 Å². The number of fused-ring (bicyclic) bond motifs is 1. The molecule has 4 aromatic rings. The van der Waals surface area contributed by atoms with E-state index in [0.717, 1.165) is 17.5 Å². The minimum atomic E-state index is -0.536. The number of nitrogens with zero attached hydrogens (tertiary/aromatic N) is 2. The largest absolute Gasteiger partial charge is 0.497 e. The van der Waals surface area contributed by atoms with Crippen molar-refractivity contribution in [2.75, 3.05) is 23.1 Å². The standard InChI is InChI=1S/C31H31N5O3/c1-5-21-9-11-22(12-10-21)28-27(31(38)34-23-13-15-25(39-4)16-14-23)20(3)33-29-26(18-32-36(28)29)30(37)35-24-8-6-7-19(2)17-24/h6-18,28,33H,5H2,1-4H3,(H,34,38)(H,35,37)/t28-/m0/s1. The maximum absolute atomic E-state index is 13.7. The highest BCUT2D eigenvalue weighted by molar-refractivity contribution is 6.09. The molecule has 5 rings (SSSR count). The number of hydrogen-bond donors (Lipinski definition) is 3. The van der Waals surface area contributed by atoms with Crippen molar-refractivity contribution in [3.8, 4) is 5.75 Å². The molecule has 0 saturated carbocycles. The third kappa shape index (κ3) is 5.27.